The normalized spacial score (nSPS) is 9.89. The summed E-state index contributed by atoms with van der Waals surface area (Å²) in [7, 11) is 0. The monoisotopic (exact) mass is 259 g/mol. The van der Waals surface area contributed by atoms with Gasteiger partial charge in [-0.1, -0.05) is 18.2 Å². The number of carbonyl (C=O) groups is 2. The Balaban J connectivity index is 1.73. The van der Waals surface area contributed by atoms with Crippen molar-refractivity contribution in [2.45, 2.75) is 6.54 Å². The standard InChI is InChI=1S/C12H13N5O2/c18-11(13-6-10-15-8-16-17-10)7-14-12(19)9-4-2-1-3-5-9/h1-5,8H,6-7H2,(H,13,18)(H,14,19)(H,15,16,17). The molecule has 0 saturated carbocycles. The summed E-state index contributed by atoms with van der Waals surface area (Å²) in [5.74, 6) is -0.0150. The number of H-pyrrole nitrogens is 1. The predicted molar refractivity (Wildman–Crippen MR) is 67.0 cm³/mol. The fraction of sp³-hybridized carbons (Fsp3) is 0.167. The van der Waals surface area contributed by atoms with Crippen molar-refractivity contribution in [1.82, 2.24) is 25.8 Å². The summed E-state index contributed by atoms with van der Waals surface area (Å²) < 4.78 is 0. The molecule has 0 atom stereocenters. The maximum atomic E-state index is 11.7. The molecule has 0 aliphatic rings. The minimum atomic E-state index is -0.291. The van der Waals surface area contributed by atoms with E-state index < -0.39 is 0 Å². The molecule has 0 aliphatic carbocycles. The second-order valence-electron chi connectivity index (χ2n) is 3.76. The lowest BCUT2D eigenvalue weighted by Gasteiger charge is -2.05. The van der Waals surface area contributed by atoms with Gasteiger partial charge in [0.1, 0.15) is 12.2 Å². The van der Waals surface area contributed by atoms with Gasteiger partial charge in [-0.15, -0.1) is 0 Å². The molecule has 1 aromatic heterocycles. The van der Waals surface area contributed by atoms with Gasteiger partial charge in [0.25, 0.3) is 5.91 Å². The smallest absolute Gasteiger partial charge is 0.251 e. The fourth-order valence-corrected chi connectivity index (χ4v) is 1.41. The van der Waals surface area contributed by atoms with E-state index in [4.69, 9.17) is 0 Å². The molecule has 2 rings (SSSR count). The van der Waals surface area contributed by atoms with Gasteiger partial charge >= 0.3 is 0 Å². The van der Waals surface area contributed by atoms with E-state index in [9.17, 15) is 9.59 Å². The van der Waals surface area contributed by atoms with Crippen LogP contribution in [0, 0.1) is 0 Å². The second kappa shape index (κ2) is 6.29. The van der Waals surface area contributed by atoms with Gasteiger partial charge < -0.3 is 10.6 Å². The SMILES string of the molecule is O=C(CNC(=O)c1ccccc1)NCc1ncn[nH]1. The van der Waals surface area contributed by atoms with E-state index in [0.29, 0.717) is 11.4 Å². The molecular formula is C12H13N5O2. The second-order valence-corrected chi connectivity index (χ2v) is 3.76. The van der Waals surface area contributed by atoms with E-state index >= 15 is 0 Å². The molecule has 98 valence electrons. The van der Waals surface area contributed by atoms with Crippen LogP contribution in [0.2, 0.25) is 0 Å². The van der Waals surface area contributed by atoms with Crippen molar-refractivity contribution in [3.05, 3.63) is 48.0 Å². The van der Waals surface area contributed by atoms with Crippen LogP contribution >= 0.6 is 0 Å². The highest BCUT2D eigenvalue weighted by Gasteiger charge is 2.07. The van der Waals surface area contributed by atoms with Gasteiger partial charge in [0.15, 0.2) is 0 Å². The van der Waals surface area contributed by atoms with Crippen molar-refractivity contribution in [3.63, 3.8) is 0 Å². The van der Waals surface area contributed by atoms with Gasteiger partial charge in [-0.25, -0.2) is 4.98 Å². The summed E-state index contributed by atoms with van der Waals surface area (Å²) in [4.78, 5) is 27.0. The summed E-state index contributed by atoms with van der Waals surface area (Å²) >= 11 is 0. The van der Waals surface area contributed by atoms with Crippen LogP contribution in [0.25, 0.3) is 0 Å². The van der Waals surface area contributed by atoms with E-state index in [1.807, 2.05) is 6.07 Å². The number of benzene rings is 1. The Hall–Kier alpha value is -2.70. The zero-order chi connectivity index (χ0) is 13.5. The Labute approximate surface area is 109 Å². The number of aromatic amines is 1. The molecule has 0 fully saturated rings. The minimum absolute atomic E-state index is 0.0815. The first-order chi connectivity index (χ1) is 9.25. The molecule has 0 bridgehead atoms. The Morgan fingerprint density at radius 2 is 1.95 bits per heavy atom. The van der Waals surface area contributed by atoms with Crippen LogP contribution in [0.3, 0.4) is 0 Å². The molecule has 2 amide bonds. The molecule has 7 heteroatoms. The maximum absolute atomic E-state index is 11.7. The highest BCUT2D eigenvalue weighted by atomic mass is 16.2. The van der Waals surface area contributed by atoms with Crippen molar-refractivity contribution in [2.75, 3.05) is 6.54 Å². The van der Waals surface area contributed by atoms with E-state index in [-0.39, 0.29) is 24.9 Å². The number of nitrogens with one attached hydrogen (secondary N) is 3. The topological polar surface area (TPSA) is 99.8 Å². The van der Waals surface area contributed by atoms with Crippen LogP contribution in [-0.2, 0) is 11.3 Å². The van der Waals surface area contributed by atoms with Crippen LogP contribution in [0.1, 0.15) is 16.2 Å². The number of amides is 2. The van der Waals surface area contributed by atoms with Gasteiger partial charge in [-0.3, -0.25) is 14.7 Å². The maximum Gasteiger partial charge on any atom is 0.251 e. The lowest BCUT2D eigenvalue weighted by Crippen LogP contribution is -2.36. The lowest BCUT2D eigenvalue weighted by molar-refractivity contribution is -0.120. The first-order valence-corrected chi connectivity index (χ1v) is 5.70. The van der Waals surface area contributed by atoms with Crippen LogP contribution < -0.4 is 10.6 Å². The number of nitrogens with zero attached hydrogens (tertiary/aromatic N) is 2. The van der Waals surface area contributed by atoms with Crippen molar-refractivity contribution in [3.8, 4) is 0 Å². The van der Waals surface area contributed by atoms with E-state index in [1.165, 1.54) is 6.33 Å². The Morgan fingerprint density at radius 1 is 1.16 bits per heavy atom. The number of hydrogen-bond donors (Lipinski definition) is 3. The molecule has 0 saturated heterocycles. The Morgan fingerprint density at radius 3 is 2.63 bits per heavy atom. The molecular weight excluding hydrogens is 246 g/mol. The first-order valence-electron chi connectivity index (χ1n) is 5.70. The summed E-state index contributed by atoms with van der Waals surface area (Å²) in [5, 5.41) is 11.4. The molecule has 0 aliphatic heterocycles. The first kappa shape index (κ1) is 12.7. The number of carbonyl (C=O) groups excluding carboxylic acids is 2. The molecule has 19 heavy (non-hydrogen) atoms. The molecule has 3 N–H and O–H groups in total. The number of rotatable bonds is 5. The molecule has 0 radical (unpaired) electrons. The van der Waals surface area contributed by atoms with Gasteiger partial charge in [0, 0.05) is 5.56 Å². The van der Waals surface area contributed by atoms with Gasteiger partial charge in [0.05, 0.1) is 13.1 Å². The average Bonchev–Trinajstić information content (AvgIpc) is 2.96. The fourth-order valence-electron chi connectivity index (χ4n) is 1.41. The average molecular weight is 259 g/mol. The van der Waals surface area contributed by atoms with Crippen molar-refractivity contribution in [1.29, 1.82) is 0 Å². The quantitative estimate of drug-likeness (QED) is 0.695. The van der Waals surface area contributed by atoms with Crippen molar-refractivity contribution >= 4 is 11.8 Å². The summed E-state index contributed by atoms with van der Waals surface area (Å²) in [6.07, 6.45) is 1.36. The van der Waals surface area contributed by atoms with Crippen LogP contribution in [0.15, 0.2) is 36.7 Å². The predicted octanol–water partition coefficient (Wildman–Crippen LogP) is -0.149. The summed E-state index contributed by atoms with van der Waals surface area (Å²) in [6, 6.07) is 8.71. The van der Waals surface area contributed by atoms with E-state index in [1.54, 1.807) is 24.3 Å². The third-order valence-electron chi connectivity index (χ3n) is 2.36. The van der Waals surface area contributed by atoms with Crippen LogP contribution in [0.5, 0.6) is 0 Å². The number of aromatic nitrogens is 3. The molecule has 0 spiro atoms. The Bertz CT molecular complexity index is 539. The van der Waals surface area contributed by atoms with E-state index in [2.05, 4.69) is 25.8 Å². The lowest BCUT2D eigenvalue weighted by atomic mass is 10.2. The largest absolute Gasteiger partial charge is 0.347 e. The molecule has 7 nitrogen and oxygen atoms in total. The van der Waals surface area contributed by atoms with Crippen LogP contribution in [-0.4, -0.2) is 33.5 Å². The molecule has 1 aromatic carbocycles. The van der Waals surface area contributed by atoms with E-state index in [0.717, 1.165) is 0 Å². The van der Waals surface area contributed by atoms with Gasteiger partial charge in [-0.05, 0) is 12.1 Å². The summed E-state index contributed by atoms with van der Waals surface area (Å²) in [6.45, 7) is 0.169. The molecule has 0 unspecified atom stereocenters. The highest BCUT2D eigenvalue weighted by Crippen LogP contribution is 1.97. The summed E-state index contributed by atoms with van der Waals surface area (Å²) in [5.41, 5.74) is 0.519. The van der Waals surface area contributed by atoms with Gasteiger partial charge in [0.2, 0.25) is 5.91 Å². The minimum Gasteiger partial charge on any atom is -0.347 e. The van der Waals surface area contributed by atoms with Gasteiger partial charge in [-0.2, -0.15) is 5.10 Å². The third kappa shape index (κ3) is 3.91. The van der Waals surface area contributed by atoms with Crippen molar-refractivity contribution < 1.29 is 9.59 Å². The zero-order valence-electron chi connectivity index (χ0n) is 10.1. The highest BCUT2D eigenvalue weighted by molar-refractivity contribution is 5.96. The molecule has 1 heterocycles. The van der Waals surface area contributed by atoms with Crippen molar-refractivity contribution in [2.24, 2.45) is 0 Å². The number of hydrogen-bond acceptors (Lipinski definition) is 4. The molecule has 2 aromatic rings. The van der Waals surface area contributed by atoms with Crippen LogP contribution in [0.4, 0.5) is 0 Å². The zero-order valence-corrected chi connectivity index (χ0v) is 10.1. The Kier molecular flexibility index (Phi) is 4.22. The third-order valence-corrected chi connectivity index (χ3v) is 2.36.